The highest BCUT2D eigenvalue weighted by Gasteiger charge is 2.09. The number of halogens is 2. The Morgan fingerprint density at radius 3 is 2.28 bits per heavy atom. The molecule has 2 rings (SSSR count). The van der Waals surface area contributed by atoms with E-state index in [-0.39, 0.29) is 10.8 Å². The van der Waals surface area contributed by atoms with Gasteiger partial charge in [-0.3, -0.25) is 0 Å². The fraction of sp³-hybridized carbons (Fsp3) is 0.143. The first-order valence-electron chi connectivity index (χ1n) is 5.45. The van der Waals surface area contributed by atoms with Crippen LogP contribution >= 0.6 is 11.6 Å². The molecular formula is C14H13ClFNO. The molecule has 0 atom stereocenters. The molecule has 0 fully saturated rings. The highest BCUT2D eigenvalue weighted by atomic mass is 35.5. The largest absolute Gasteiger partial charge is 0.507 e. The van der Waals surface area contributed by atoms with E-state index in [0.717, 1.165) is 17.3 Å². The smallest absolute Gasteiger partial charge is 0.145 e. The van der Waals surface area contributed by atoms with Crippen LogP contribution in [0.2, 0.25) is 5.02 Å². The number of benzene rings is 2. The Morgan fingerprint density at radius 2 is 1.72 bits per heavy atom. The summed E-state index contributed by atoms with van der Waals surface area (Å²) in [4.78, 5) is 1.97. The summed E-state index contributed by atoms with van der Waals surface area (Å²) < 4.78 is 13.1. The standard InChI is InChI=1S/C14H13ClFNO/c1-17(2)10-5-3-9(4-6-10)11-7-12(15)13(16)8-14(11)18/h3-8,18H,1-2H3. The second kappa shape index (κ2) is 4.86. The molecule has 0 aromatic heterocycles. The number of phenolic OH excluding ortho intramolecular Hbond substituents is 1. The molecule has 2 aromatic carbocycles. The van der Waals surface area contributed by atoms with Gasteiger partial charge in [0, 0.05) is 31.4 Å². The molecule has 0 unspecified atom stereocenters. The topological polar surface area (TPSA) is 23.5 Å². The summed E-state index contributed by atoms with van der Waals surface area (Å²) in [5.41, 5.74) is 2.36. The number of hydrogen-bond acceptors (Lipinski definition) is 2. The Bertz CT molecular complexity index is 567. The minimum Gasteiger partial charge on any atom is -0.507 e. The van der Waals surface area contributed by atoms with Gasteiger partial charge in [-0.25, -0.2) is 4.39 Å². The normalized spacial score (nSPS) is 10.4. The van der Waals surface area contributed by atoms with Gasteiger partial charge in [-0.05, 0) is 23.8 Å². The average molecular weight is 266 g/mol. The van der Waals surface area contributed by atoms with Gasteiger partial charge in [-0.15, -0.1) is 0 Å². The molecule has 0 aliphatic rings. The summed E-state index contributed by atoms with van der Waals surface area (Å²) in [6.07, 6.45) is 0. The first kappa shape index (κ1) is 12.7. The Kier molecular flexibility index (Phi) is 3.43. The van der Waals surface area contributed by atoms with Crippen molar-refractivity contribution < 1.29 is 9.50 Å². The van der Waals surface area contributed by atoms with Crippen LogP contribution in [0.3, 0.4) is 0 Å². The van der Waals surface area contributed by atoms with Crippen molar-refractivity contribution in [1.82, 2.24) is 0 Å². The molecule has 0 saturated heterocycles. The molecule has 2 nitrogen and oxygen atoms in total. The zero-order valence-electron chi connectivity index (χ0n) is 10.1. The minimum absolute atomic E-state index is 0.000476. The van der Waals surface area contributed by atoms with Crippen LogP contribution in [0.4, 0.5) is 10.1 Å². The van der Waals surface area contributed by atoms with Crippen molar-refractivity contribution >= 4 is 17.3 Å². The lowest BCUT2D eigenvalue weighted by Gasteiger charge is -2.13. The van der Waals surface area contributed by atoms with Crippen molar-refractivity contribution in [2.45, 2.75) is 0 Å². The van der Waals surface area contributed by atoms with Gasteiger partial charge in [0.2, 0.25) is 0 Å². The van der Waals surface area contributed by atoms with Gasteiger partial charge in [-0.2, -0.15) is 0 Å². The minimum atomic E-state index is -0.622. The molecule has 0 spiro atoms. The number of rotatable bonds is 2. The summed E-state index contributed by atoms with van der Waals surface area (Å²) in [5.74, 6) is -0.739. The Morgan fingerprint density at radius 1 is 1.11 bits per heavy atom. The van der Waals surface area contributed by atoms with E-state index in [1.807, 2.05) is 43.3 Å². The molecular weight excluding hydrogens is 253 g/mol. The quantitative estimate of drug-likeness (QED) is 0.890. The summed E-state index contributed by atoms with van der Waals surface area (Å²) in [7, 11) is 3.89. The lowest BCUT2D eigenvalue weighted by atomic mass is 10.0. The van der Waals surface area contributed by atoms with Crippen molar-refractivity contribution in [3.8, 4) is 16.9 Å². The predicted octanol–water partition coefficient (Wildman–Crippen LogP) is 3.92. The molecule has 0 aliphatic heterocycles. The van der Waals surface area contributed by atoms with E-state index in [1.165, 1.54) is 6.07 Å². The molecule has 94 valence electrons. The van der Waals surface area contributed by atoms with Crippen molar-refractivity contribution in [2.24, 2.45) is 0 Å². The Hall–Kier alpha value is -1.74. The molecule has 2 aromatic rings. The van der Waals surface area contributed by atoms with Crippen LogP contribution in [0.15, 0.2) is 36.4 Å². The molecule has 4 heteroatoms. The van der Waals surface area contributed by atoms with E-state index in [2.05, 4.69) is 0 Å². The van der Waals surface area contributed by atoms with E-state index in [0.29, 0.717) is 5.56 Å². The van der Waals surface area contributed by atoms with Crippen LogP contribution in [0.25, 0.3) is 11.1 Å². The number of aromatic hydroxyl groups is 1. The number of phenols is 1. The fourth-order valence-corrected chi connectivity index (χ4v) is 1.87. The van der Waals surface area contributed by atoms with E-state index in [1.54, 1.807) is 0 Å². The SMILES string of the molecule is CN(C)c1ccc(-c2cc(Cl)c(F)cc2O)cc1. The predicted molar refractivity (Wildman–Crippen MR) is 72.8 cm³/mol. The van der Waals surface area contributed by atoms with Crippen LogP contribution in [0, 0.1) is 5.82 Å². The third kappa shape index (κ3) is 2.41. The van der Waals surface area contributed by atoms with Crippen LogP contribution in [0.5, 0.6) is 5.75 Å². The van der Waals surface area contributed by atoms with Gasteiger partial charge < -0.3 is 10.0 Å². The van der Waals surface area contributed by atoms with Crippen molar-refractivity contribution in [2.75, 3.05) is 19.0 Å². The fourth-order valence-electron chi connectivity index (χ4n) is 1.71. The average Bonchev–Trinajstić information content (AvgIpc) is 2.34. The maximum Gasteiger partial charge on any atom is 0.145 e. The maximum absolute atomic E-state index is 13.1. The zero-order valence-corrected chi connectivity index (χ0v) is 10.9. The van der Waals surface area contributed by atoms with E-state index in [9.17, 15) is 9.50 Å². The number of nitrogens with zero attached hydrogens (tertiary/aromatic N) is 1. The Labute approximate surface area is 110 Å². The lowest BCUT2D eigenvalue weighted by molar-refractivity contribution is 0.471. The van der Waals surface area contributed by atoms with Gasteiger partial charge in [-0.1, -0.05) is 23.7 Å². The summed E-state index contributed by atoms with van der Waals surface area (Å²) in [5, 5.41) is 9.74. The number of hydrogen-bond donors (Lipinski definition) is 1. The van der Waals surface area contributed by atoms with Gasteiger partial charge >= 0.3 is 0 Å². The van der Waals surface area contributed by atoms with E-state index in [4.69, 9.17) is 11.6 Å². The summed E-state index contributed by atoms with van der Waals surface area (Å²) in [6, 6.07) is 10.0. The van der Waals surface area contributed by atoms with Crippen molar-refractivity contribution in [3.63, 3.8) is 0 Å². The van der Waals surface area contributed by atoms with Crippen LogP contribution in [-0.2, 0) is 0 Å². The highest BCUT2D eigenvalue weighted by molar-refractivity contribution is 6.31. The molecule has 1 N–H and O–H groups in total. The summed E-state index contributed by atoms with van der Waals surface area (Å²) in [6.45, 7) is 0. The zero-order chi connectivity index (χ0) is 13.3. The van der Waals surface area contributed by atoms with Gasteiger partial charge in [0.25, 0.3) is 0 Å². The lowest BCUT2D eigenvalue weighted by Crippen LogP contribution is -2.07. The van der Waals surface area contributed by atoms with E-state index < -0.39 is 5.82 Å². The van der Waals surface area contributed by atoms with Gasteiger partial charge in [0.1, 0.15) is 11.6 Å². The van der Waals surface area contributed by atoms with Crippen molar-refractivity contribution in [1.29, 1.82) is 0 Å². The highest BCUT2D eigenvalue weighted by Crippen LogP contribution is 2.34. The summed E-state index contributed by atoms with van der Waals surface area (Å²) >= 11 is 5.72. The Balaban J connectivity index is 2.46. The van der Waals surface area contributed by atoms with Crippen LogP contribution in [0.1, 0.15) is 0 Å². The van der Waals surface area contributed by atoms with Gasteiger partial charge in [0.05, 0.1) is 5.02 Å². The second-order valence-corrected chi connectivity index (χ2v) is 4.63. The van der Waals surface area contributed by atoms with Crippen molar-refractivity contribution in [3.05, 3.63) is 47.2 Å². The molecule has 18 heavy (non-hydrogen) atoms. The molecule has 0 saturated carbocycles. The molecule has 0 radical (unpaired) electrons. The van der Waals surface area contributed by atoms with Gasteiger partial charge in [0.15, 0.2) is 0 Å². The molecule has 0 amide bonds. The number of anilines is 1. The first-order chi connectivity index (χ1) is 8.49. The van der Waals surface area contributed by atoms with E-state index >= 15 is 0 Å². The first-order valence-corrected chi connectivity index (χ1v) is 5.82. The second-order valence-electron chi connectivity index (χ2n) is 4.22. The van der Waals surface area contributed by atoms with Crippen LogP contribution < -0.4 is 4.90 Å². The molecule has 0 heterocycles. The molecule has 0 aliphatic carbocycles. The molecule has 0 bridgehead atoms. The van der Waals surface area contributed by atoms with Crippen LogP contribution in [-0.4, -0.2) is 19.2 Å². The third-order valence-corrected chi connectivity index (χ3v) is 3.02. The third-order valence-electron chi connectivity index (χ3n) is 2.73. The monoisotopic (exact) mass is 265 g/mol. The maximum atomic E-state index is 13.1.